The van der Waals surface area contributed by atoms with E-state index in [1.165, 1.54) is 13.5 Å². The van der Waals surface area contributed by atoms with Gasteiger partial charge in [-0.15, -0.1) is 0 Å². The highest BCUT2D eigenvalue weighted by molar-refractivity contribution is 5.88. The first-order chi connectivity index (χ1) is 8.79. The third kappa shape index (κ3) is 3.43. The van der Waals surface area contributed by atoms with Crippen LogP contribution in [0.15, 0.2) is 18.3 Å². The molecule has 1 saturated heterocycles. The van der Waals surface area contributed by atoms with E-state index in [4.69, 9.17) is 4.74 Å². The molecular weight excluding hydrogens is 232 g/mol. The second-order valence-corrected chi connectivity index (χ2v) is 4.29. The van der Waals surface area contributed by atoms with Crippen LogP contribution in [0.2, 0.25) is 0 Å². The maximum Gasteiger partial charge on any atom is 0.356 e. The van der Waals surface area contributed by atoms with E-state index in [-0.39, 0.29) is 6.10 Å². The molecule has 0 spiro atoms. The fourth-order valence-corrected chi connectivity index (χ4v) is 1.96. The molecule has 0 amide bonds. The molecule has 2 rings (SSSR count). The Labute approximate surface area is 107 Å². The van der Waals surface area contributed by atoms with Gasteiger partial charge in [-0.2, -0.15) is 0 Å². The van der Waals surface area contributed by atoms with Gasteiger partial charge >= 0.3 is 5.97 Å². The fourth-order valence-electron chi connectivity index (χ4n) is 1.96. The number of anilines is 1. The number of pyridine rings is 1. The lowest BCUT2D eigenvalue weighted by Gasteiger charge is -2.23. The fraction of sp³-hybridized carbons (Fsp3) is 0.538. The maximum absolute atomic E-state index is 11.3. The van der Waals surface area contributed by atoms with Crippen LogP contribution in [0.1, 0.15) is 29.8 Å². The second-order valence-electron chi connectivity index (χ2n) is 4.29. The number of esters is 1. The van der Waals surface area contributed by atoms with Gasteiger partial charge < -0.3 is 14.8 Å². The monoisotopic (exact) mass is 250 g/mol. The molecule has 1 aliphatic heterocycles. The second kappa shape index (κ2) is 6.35. The summed E-state index contributed by atoms with van der Waals surface area (Å²) < 4.78 is 10.3. The summed E-state index contributed by atoms with van der Waals surface area (Å²) in [7, 11) is 1.35. The molecule has 5 nitrogen and oxygen atoms in total. The zero-order valence-electron chi connectivity index (χ0n) is 10.5. The predicted octanol–water partition coefficient (Wildman–Crippen LogP) is 1.85. The minimum absolute atomic E-state index is 0.258. The predicted molar refractivity (Wildman–Crippen MR) is 67.7 cm³/mol. The van der Waals surface area contributed by atoms with Gasteiger partial charge in [-0.05, 0) is 31.4 Å². The number of methoxy groups -OCH3 is 1. The van der Waals surface area contributed by atoms with E-state index in [1.54, 1.807) is 12.3 Å². The third-order valence-corrected chi connectivity index (χ3v) is 2.96. The molecule has 18 heavy (non-hydrogen) atoms. The van der Waals surface area contributed by atoms with Crippen LogP contribution in [0.4, 0.5) is 5.69 Å². The lowest BCUT2D eigenvalue weighted by molar-refractivity contribution is 0.0247. The Morgan fingerprint density at radius 2 is 2.50 bits per heavy atom. The number of nitrogens with one attached hydrogen (secondary N) is 1. The van der Waals surface area contributed by atoms with Crippen LogP contribution >= 0.6 is 0 Å². The Morgan fingerprint density at radius 1 is 1.61 bits per heavy atom. The van der Waals surface area contributed by atoms with Gasteiger partial charge in [0.2, 0.25) is 0 Å². The summed E-state index contributed by atoms with van der Waals surface area (Å²) in [6.45, 7) is 1.60. The molecule has 5 heteroatoms. The zero-order chi connectivity index (χ0) is 12.8. The maximum atomic E-state index is 11.3. The summed E-state index contributed by atoms with van der Waals surface area (Å²) in [5, 5.41) is 3.26. The Balaban J connectivity index is 1.90. The third-order valence-electron chi connectivity index (χ3n) is 2.96. The van der Waals surface area contributed by atoms with Crippen LogP contribution in [0.5, 0.6) is 0 Å². The van der Waals surface area contributed by atoms with Gasteiger partial charge in [0, 0.05) is 25.0 Å². The Kier molecular flexibility index (Phi) is 4.52. The van der Waals surface area contributed by atoms with E-state index >= 15 is 0 Å². The molecule has 2 heterocycles. The van der Waals surface area contributed by atoms with E-state index in [1.807, 2.05) is 6.07 Å². The number of hydrogen-bond donors (Lipinski definition) is 1. The number of hydrogen-bond acceptors (Lipinski definition) is 5. The summed E-state index contributed by atoms with van der Waals surface area (Å²) >= 11 is 0. The molecule has 0 bridgehead atoms. The van der Waals surface area contributed by atoms with Crippen molar-refractivity contribution in [2.45, 2.75) is 25.4 Å². The number of ether oxygens (including phenoxy) is 2. The molecule has 98 valence electrons. The molecule has 1 fully saturated rings. The zero-order valence-corrected chi connectivity index (χ0v) is 10.5. The summed E-state index contributed by atoms with van der Waals surface area (Å²) in [6.07, 6.45) is 5.31. The smallest absolute Gasteiger partial charge is 0.356 e. The van der Waals surface area contributed by atoms with Crippen molar-refractivity contribution in [2.24, 2.45) is 0 Å². The average Bonchev–Trinajstić information content (AvgIpc) is 2.45. The summed E-state index contributed by atoms with van der Waals surface area (Å²) in [4.78, 5) is 15.3. The lowest BCUT2D eigenvalue weighted by atomic mass is 10.1. The number of carbonyl (C=O) groups excluding carboxylic acids is 1. The Morgan fingerprint density at radius 3 is 3.22 bits per heavy atom. The molecule has 1 unspecified atom stereocenters. The van der Waals surface area contributed by atoms with Crippen LogP contribution < -0.4 is 5.32 Å². The van der Waals surface area contributed by atoms with Crippen molar-refractivity contribution in [3.63, 3.8) is 0 Å². The van der Waals surface area contributed by atoms with E-state index in [9.17, 15) is 4.79 Å². The largest absolute Gasteiger partial charge is 0.464 e. The van der Waals surface area contributed by atoms with Gasteiger partial charge in [-0.25, -0.2) is 9.78 Å². The van der Waals surface area contributed by atoms with Crippen molar-refractivity contribution >= 4 is 11.7 Å². The highest BCUT2D eigenvalue weighted by Crippen LogP contribution is 2.14. The standard InChI is InChI=1S/C13H18N2O3/c1-17-13(16)12-8-10(5-6-14-12)15-9-11-4-2-3-7-18-11/h5-6,8,11H,2-4,7,9H2,1H3,(H,14,15). The Bertz CT molecular complexity index is 403. The average molecular weight is 250 g/mol. The van der Waals surface area contributed by atoms with Crippen molar-refractivity contribution < 1.29 is 14.3 Å². The normalized spacial score (nSPS) is 19.3. The first kappa shape index (κ1) is 12.8. The molecule has 0 aromatic carbocycles. The van der Waals surface area contributed by atoms with E-state index in [0.717, 1.165) is 31.7 Å². The topological polar surface area (TPSA) is 60.5 Å². The minimum atomic E-state index is -0.424. The molecule has 1 aromatic heterocycles. The van der Waals surface area contributed by atoms with Gasteiger partial charge in [-0.1, -0.05) is 0 Å². The van der Waals surface area contributed by atoms with Gasteiger partial charge in [0.25, 0.3) is 0 Å². The molecule has 1 atom stereocenters. The highest BCUT2D eigenvalue weighted by Gasteiger charge is 2.13. The van der Waals surface area contributed by atoms with Crippen LogP contribution in [0, 0.1) is 0 Å². The van der Waals surface area contributed by atoms with Crippen LogP contribution in [-0.4, -0.2) is 37.3 Å². The van der Waals surface area contributed by atoms with E-state index < -0.39 is 5.97 Å². The summed E-state index contributed by atoms with van der Waals surface area (Å²) in [5.74, 6) is -0.424. The van der Waals surface area contributed by atoms with E-state index in [0.29, 0.717) is 5.69 Å². The van der Waals surface area contributed by atoms with Crippen molar-refractivity contribution in [3.05, 3.63) is 24.0 Å². The lowest BCUT2D eigenvalue weighted by Crippen LogP contribution is -2.27. The van der Waals surface area contributed by atoms with Crippen LogP contribution in [0.25, 0.3) is 0 Å². The first-order valence-electron chi connectivity index (χ1n) is 6.19. The highest BCUT2D eigenvalue weighted by atomic mass is 16.5. The van der Waals surface area contributed by atoms with Crippen LogP contribution in [0.3, 0.4) is 0 Å². The number of aromatic nitrogens is 1. The van der Waals surface area contributed by atoms with Gasteiger partial charge in [0.05, 0.1) is 13.2 Å². The molecule has 1 N–H and O–H groups in total. The summed E-state index contributed by atoms with van der Waals surface area (Å²) in [6, 6.07) is 3.52. The molecule has 0 saturated carbocycles. The molecular formula is C13H18N2O3. The van der Waals surface area contributed by atoms with Crippen molar-refractivity contribution in [1.82, 2.24) is 4.98 Å². The van der Waals surface area contributed by atoms with Crippen molar-refractivity contribution in [2.75, 3.05) is 25.6 Å². The van der Waals surface area contributed by atoms with Gasteiger partial charge in [0.1, 0.15) is 5.69 Å². The number of rotatable bonds is 4. The van der Waals surface area contributed by atoms with E-state index in [2.05, 4.69) is 15.0 Å². The quantitative estimate of drug-likeness (QED) is 0.826. The van der Waals surface area contributed by atoms with Gasteiger partial charge in [-0.3, -0.25) is 0 Å². The van der Waals surface area contributed by atoms with Crippen molar-refractivity contribution in [1.29, 1.82) is 0 Å². The van der Waals surface area contributed by atoms with Gasteiger partial charge in [0.15, 0.2) is 0 Å². The molecule has 1 aliphatic rings. The number of carbonyl (C=O) groups is 1. The molecule has 1 aromatic rings. The van der Waals surface area contributed by atoms with Crippen LogP contribution in [-0.2, 0) is 9.47 Å². The van der Waals surface area contributed by atoms with Crippen molar-refractivity contribution in [3.8, 4) is 0 Å². The Hall–Kier alpha value is -1.62. The first-order valence-corrected chi connectivity index (χ1v) is 6.19. The SMILES string of the molecule is COC(=O)c1cc(NCC2CCCCO2)ccn1. The molecule has 0 radical (unpaired) electrons. The minimum Gasteiger partial charge on any atom is -0.464 e. The summed E-state index contributed by atoms with van der Waals surface area (Å²) in [5.41, 5.74) is 1.17. The number of nitrogens with zero attached hydrogens (tertiary/aromatic N) is 1. The molecule has 0 aliphatic carbocycles.